The van der Waals surface area contributed by atoms with Crippen molar-refractivity contribution in [2.24, 2.45) is 9.98 Å². The molecule has 10 heteroatoms. The number of benzene rings is 3. The van der Waals surface area contributed by atoms with Crippen LogP contribution in [0, 0.1) is 0 Å². The van der Waals surface area contributed by atoms with Crippen LogP contribution in [0.5, 0.6) is 0 Å². The molecule has 44 heavy (non-hydrogen) atoms. The Bertz CT molecular complexity index is 1320. The lowest BCUT2D eigenvalue weighted by Gasteiger charge is -2.15. The molecule has 0 aliphatic carbocycles. The molecule has 0 unspecified atom stereocenters. The van der Waals surface area contributed by atoms with Gasteiger partial charge in [0.1, 0.15) is 11.7 Å². The van der Waals surface area contributed by atoms with Gasteiger partial charge in [0.15, 0.2) is 0 Å². The molecule has 6 N–H and O–H groups in total. The van der Waals surface area contributed by atoms with E-state index >= 15 is 0 Å². The zero-order chi connectivity index (χ0) is 32.2. The molecule has 0 aliphatic heterocycles. The van der Waals surface area contributed by atoms with Crippen molar-refractivity contribution in [2.75, 3.05) is 21.3 Å². The topological polar surface area (TPSA) is 131 Å². The van der Waals surface area contributed by atoms with Crippen LogP contribution in [0.1, 0.15) is 66.5 Å². The van der Waals surface area contributed by atoms with Gasteiger partial charge in [-0.05, 0) is 128 Å². The summed E-state index contributed by atoms with van der Waals surface area (Å²) < 4.78 is 0. The molecule has 3 rings (SSSR count). The van der Waals surface area contributed by atoms with Crippen LogP contribution >= 0.6 is 0 Å². The van der Waals surface area contributed by atoms with Gasteiger partial charge in [-0.1, -0.05) is 0 Å². The highest BCUT2D eigenvalue weighted by Crippen LogP contribution is 2.17. The van der Waals surface area contributed by atoms with E-state index < -0.39 is 0 Å². The Morgan fingerprint density at radius 3 is 0.932 bits per heavy atom. The molecule has 0 atom stereocenters. The number of anilines is 4. The van der Waals surface area contributed by atoms with Crippen molar-refractivity contribution >= 4 is 46.5 Å². The normalized spacial score (nSPS) is 12.0. The zero-order valence-corrected chi connectivity index (χ0v) is 26.9. The predicted molar refractivity (Wildman–Crippen MR) is 184 cm³/mol. The molecule has 0 aliphatic rings. The minimum absolute atomic E-state index is 0.157. The summed E-state index contributed by atoms with van der Waals surface area (Å²) in [5.74, 6) is 1.65. The maximum Gasteiger partial charge on any atom is 0.323 e. The molecule has 10 nitrogen and oxygen atoms in total. The van der Waals surface area contributed by atoms with E-state index in [-0.39, 0.29) is 36.2 Å². The van der Waals surface area contributed by atoms with Crippen LogP contribution < -0.4 is 31.9 Å². The molecular formula is C34H46N8O2. The molecule has 0 spiro atoms. The predicted octanol–water partition coefficient (Wildman–Crippen LogP) is 7.28. The number of nitrogens with zero attached hydrogens (tertiary/aromatic N) is 2. The highest BCUT2D eigenvalue weighted by atomic mass is 16.2. The van der Waals surface area contributed by atoms with E-state index in [2.05, 4.69) is 69.6 Å². The van der Waals surface area contributed by atoms with E-state index in [0.717, 1.165) is 22.8 Å². The number of hydrogen-bond donors (Lipinski definition) is 6. The lowest BCUT2D eigenvalue weighted by molar-refractivity contribution is 0.261. The van der Waals surface area contributed by atoms with Crippen LogP contribution in [-0.4, -0.2) is 47.9 Å². The second-order valence-electron chi connectivity index (χ2n) is 11.6. The summed E-state index contributed by atoms with van der Waals surface area (Å²) in [6.45, 7) is 16.4. The first-order valence-corrected chi connectivity index (χ1v) is 15.0. The van der Waals surface area contributed by atoms with Gasteiger partial charge in [-0.25, -0.2) is 9.59 Å². The Morgan fingerprint density at radius 2 is 0.705 bits per heavy atom. The first kappa shape index (κ1) is 33.6. The fourth-order valence-electron chi connectivity index (χ4n) is 4.10. The van der Waals surface area contributed by atoms with Crippen LogP contribution in [0.15, 0.2) is 82.8 Å². The molecule has 3 aromatic rings. The molecule has 0 fully saturated rings. The van der Waals surface area contributed by atoms with E-state index in [4.69, 9.17) is 0 Å². The second-order valence-corrected chi connectivity index (χ2v) is 11.6. The van der Waals surface area contributed by atoms with Crippen molar-refractivity contribution in [1.82, 2.24) is 10.6 Å². The average Bonchev–Trinajstić information content (AvgIpc) is 2.93. The van der Waals surface area contributed by atoms with Crippen LogP contribution in [0.2, 0.25) is 0 Å². The van der Waals surface area contributed by atoms with Crippen molar-refractivity contribution in [3.63, 3.8) is 0 Å². The van der Waals surface area contributed by atoms with Gasteiger partial charge in [0, 0.05) is 58.0 Å². The number of nitrogens with one attached hydrogen (secondary N) is 6. The minimum atomic E-state index is -0.374. The first-order chi connectivity index (χ1) is 20.9. The van der Waals surface area contributed by atoms with Gasteiger partial charge in [0.05, 0.1) is 0 Å². The van der Waals surface area contributed by atoms with Crippen LogP contribution in [0.3, 0.4) is 0 Å². The third kappa shape index (κ3) is 11.4. The summed E-state index contributed by atoms with van der Waals surface area (Å²) in [6, 6.07) is 22.0. The monoisotopic (exact) mass is 598 g/mol. The van der Waals surface area contributed by atoms with Gasteiger partial charge >= 0.3 is 12.1 Å². The average molecular weight is 599 g/mol. The van der Waals surface area contributed by atoms with Crippen molar-refractivity contribution in [2.45, 2.75) is 79.6 Å². The maximum atomic E-state index is 12.6. The van der Waals surface area contributed by atoms with Crippen molar-refractivity contribution < 1.29 is 9.59 Å². The van der Waals surface area contributed by atoms with Gasteiger partial charge in [0.2, 0.25) is 0 Å². The molecule has 0 aromatic heterocycles. The van der Waals surface area contributed by atoms with Crippen LogP contribution in [-0.2, 0) is 0 Å². The number of carbonyl (C=O) groups is 2. The Labute approximate surface area is 261 Å². The molecule has 3 aromatic carbocycles. The van der Waals surface area contributed by atoms with E-state index in [1.807, 2.05) is 76.2 Å². The summed E-state index contributed by atoms with van der Waals surface area (Å²) in [4.78, 5) is 34.5. The number of urea groups is 2. The zero-order valence-electron chi connectivity index (χ0n) is 26.9. The fourth-order valence-corrected chi connectivity index (χ4v) is 4.10. The lowest BCUT2D eigenvalue weighted by Crippen LogP contribution is -2.32. The van der Waals surface area contributed by atoms with Crippen molar-refractivity contribution in [3.05, 3.63) is 83.9 Å². The Hall–Kier alpha value is -4.86. The summed E-state index contributed by atoms with van der Waals surface area (Å²) in [5, 5.41) is 18.1. The molecular weight excluding hydrogens is 552 g/mol. The Morgan fingerprint density at radius 1 is 0.455 bits per heavy atom. The van der Waals surface area contributed by atoms with E-state index in [9.17, 15) is 9.59 Å². The first-order valence-electron chi connectivity index (χ1n) is 15.0. The SMILES string of the molecule is CC(C)N=C(NC(C)C)c1ccc(NC(=O)Nc2ccc(NC(=O)Nc3ccc(C(=NC(C)C)NC(C)C)cc3)cc2)cc1. The minimum Gasteiger partial charge on any atom is -0.368 e. The third-order valence-corrected chi connectivity index (χ3v) is 5.86. The highest BCUT2D eigenvalue weighted by molar-refractivity contribution is 6.03. The van der Waals surface area contributed by atoms with Gasteiger partial charge in [0.25, 0.3) is 0 Å². The number of carbonyl (C=O) groups excluding carboxylic acids is 2. The lowest BCUT2D eigenvalue weighted by atomic mass is 10.1. The number of hydrogen-bond acceptors (Lipinski definition) is 4. The van der Waals surface area contributed by atoms with Crippen molar-refractivity contribution in [3.8, 4) is 0 Å². The highest BCUT2D eigenvalue weighted by Gasteiger charge is 2.10. The third-order valence-electron chi connectivity index (χ3n) is 5.86. The largest absolute Gasteiger partial charge is 0.368 e. The molecule has 0 heterocycles. The number of rotatable bonds is 10. The molecule has 0 saturated heterocycles. The molecule has 4 amide bonds. The Kier molecular flexibility index (Phi) is 12.3. The van der Waals surface area contributed by atoms with Gasteiger partial charge in [-0.3, -0.25) is 9.98 Å². The summed E-state index contributed by atoms with van der Waals surface area (Å²) >= 11 is 0. The maximum absolute atomic E-state index is 12.6. The van der Waals surface area contributed by atoms with E-state index in [1.165, 1.54) is 0 Å². The fraction of sp³-hybridized carbons (Fsp3) is 0.353. The summed E-state index contributed by atoms with van der Waals surface area (Å²) in [7, 11) is 0. The second kappa shape index (κ2) is 16.1. The summed E-state index contributed by atoms with van der Waals surface area (Å²) in [5.41, 5.74) is 4.38. The number of amidine groups is 2. The van der Waals surface area contributed by atoms with Gasteiger partial charge < -0.3 is 31.9 Å². The summed E-state index contributed by atoms with van der Waals surface area (Å²) in [6.07, 6.45) is 0. The number of aliphatic imine (C=N–C) groups is 2. The number of amides is 4. The standard InChI is InChI=1S/C34H46N8O2/c1-21(2)35-31(36-22(3)4)25-9-13-27(14-10-25)39-33(43)41-29-17-19-30(20-18-29)42-34(44)40-28-15-11-26(12-16-28)32(37-23(5)6)38-24(7)8/h9-24H,1-8H3,(H,35,36)(H,37,38)(H2,39,41,43)(H2,40,42,44). The molecule has 0 bridgehead atoms. The molecule has 0 saturated carbocycles. The molecule has 234 valence electrons. The van der Waals surface area contributed by atoms with Crippen LogP contribution in [0.4, 0.5) is 32.3 Å². The van der Waals surface area contributed by atoms with Gasteiger partial charge in [-0.15, -0.1) is 0 Å². The van der Waals surface area contributed by atoms with E-state index in [1.54, 1.807) is 24.3 Å². The quantitative estimate of drug-likeness (QED) is 0.108. The van der Waals surface area contributed by atoms with E-state index in [0.29, 0.717) is 22.7 Å². The van der Waals surface area contributed by atoms with Crippen LogP contribution in [0.25, 0.3) is 0 Å². The smallest absolute Gasteiger partial charge is 0.323 e. The molecule has 0 radical (unpaired) electrons. The Balaban J connectivity index is 1.52. The van der Waals surface area contributed by atoms with Gasteiger partial charge in [-0.2, -0.15) is 0 Å². The van der Waals surface area contributed by atoms with Crippen molar-refractivity contribution in [1.29, 1.82) is 0 Å².